The summed E-state index contributed by atoms with van der Waals surface area (Å²) >= 11 is 1.15. The van der Waals surface area contributed by atoms with Crippen molar-refractivity contribution in [1.29, 1.82) is 0 Å². The number of amides is 1. The number of aromatic nitrogens is 1. The molecule has 0 spiro atoms. The molecule has 4 nitrogen and oxygen atoms in total. The summed E-state index contributed by atoms with van der Waals surface area (Å²) in [4.78, 5) is 17.0. The molecule has 10 heteroatoms. The third-order valence-corrected chi connectivity index (χ3v) is 4.12. The number of anilines is 1. The highest BCUT2D eigenvalue weighted by Crippen LogP contribution is 2.33. The zero-order chi connectivity index (χ0) is 18.1. The van der Waals surface area contributed by atoms with Crippen molar-refractivity contribution in [3.63, 3.8) is 0 Å². The van der Waals surface area contributed by atoms with Gasteiger partial charge in [-0.1, -0.05) is 20.8 Å². The van der Waals surface area contributed by atoms with Crippen LogP contribution in [-0.4, -0.2) is 10.9 Å². The van der Waals surface area contributed by atoms with Gasteiger partial charge in [0.15, 0.2) is 0 Å². The average molecular weight is 430 g/mol. The number of nitrogens with two attached hydrogens (primary N) is 1. The Hall–Kier alpha value is -1.35. The minimum Gasteiger partial charge on any atom is -0.326 e. The molecule has 26 heavy (non-hydrogen) atoms. The normalized spacial score (nSPS) is 11.3. The third-order valence-electron chi connectivity index (χ3n) is 3.30. The predicted octanol–water partition coefficient (Wildman–Crippen LogP) is 5.01. The molecule has 2 rings (SSSR count). The first-order valence-electron chi connectivity index (χ1n) is 7.19. The summed E-state index contributed by atoms with van der Waals surface area (Å²) in [5.41, 5.74) is 6.77. The molecule has 0 bridgehead atoms. The summed E-state index contributed by atoms with van der Waals surface area (Å²) < 4.78 is 38.9. The van der Waals surface area contributed by atoms with Gasteiger partial charge in [0, 0.05) is 17.6 Å². The van der Waals surface area contributed by atoms with E-state index in [9.17, 15) is 18.0 Å². The smallest absolute Gasteiger partial charge is 0.326 e. The number of carbonyl (C=O) groups excluding carboxylic acids is 1. The van der Waals surface area contributed by atoms with Crippen molar-refractivity contribution < 1.29 is 18.0 Å². The van der Waals surface area contributed by atoms with Gasteiger partial charge < -0.3 is 11.1 Å². The number of carbonyl (C=O) groups is 1. The van der Waals surface area contributed by atoms with E-state index < -0.39 is 17.6 Å². The van der Waals surface area contributed by atoms with E-state index in [4.69, 9.17) is 5.73 Å². The molecular formula is C16H20Cl2F3N3OS. The molecule has 1 aromatic carbocycles. The molecule has 0 atom stereocenters. The fourth-order valence-electron chi connectivity index (χ4n) is 2.18. The van der Waals surface area contributed by atoms with E-state index in [1.807, 2.05) is 20.8 Å². The SMILES string of the molecule is CC(C)(C)c1ncsc1C(=O)Nc1cc(CN)cc(C(F)(F)F)c1.Cl.Cl. The van der Waals surface area contributed by atoms with Gasteiger partial charge in [0.05, 0.1) is 16.8 Å². The lowest BCUT2D eigenvalue weighted by Crippen LogP contribution is -2.20. The van der Waals surface area contributed by atoms with Crippen LogP contribution in [0.15, 0.2) is 23.7 Å². The highest BCUT2D eigenvalue weighted by atomic mass is 35.5. The lowest BCUT2D eigenvalue weighted by molar-refractivity contribution is -0.137. The Bertz CT molecular complexity index is 758. The summed E-state index contributed by atoms with van der Waals surface area (Å²) in [5.74, 6) is -0.482. The lowest BCUT2D eigenvalue weighted by atomic mass is 9.91. The van der Waals surface area contributed by atoms with Crippen LogP contribution < -0.4 is 11.1 Å². The van der Waals surface area contributed by atoms with E-state index >= 15 is 0 Å². The summed E-state index contributed by atoms with van der Waals surface area (Å²) in [5, 5.41) is 2.52. The van der Waals surface area contributed by atoms with Crippen LogP contribution in [0.1, 0.15) is 47.3 Å². The number of halogens is 5. The molecule has 0 radical (unpaired) electrons. The highest BCUT2D eigenvalue weighted by Gasteiger charge is 2.31. The molecule has 0 saturated carbocycles. The number of nitrogens with zero attached hydrogens (tertiary/aromatic N) is 1. The number of thiazole rings is 1. The summed E-state index contributed by atoms with van der Waals surface area (Å²) in [6.07, 6.45) is -4.51. The molecule has 0 fully saturated rings. The largest absolute Gasteiger partial charge is 0.416 e. The fourth-order valence-corrected chi connectivity index (χ4v) is 3.07. The quantitative estimate of drug-likeness (QED) is 0.719. The van der Waals surface area contributed by atoms with E-state index in [0.717, 1.165) is 23.5 Å². The third kappa shape index (κ3) is 5.84. The maximum Gasteiger partial charge on any atom is 0.416 e. The topological polar surface area (TPSA) is 68.0 Å². The van der Waals surface area contributed by atoms with Gasteiger partial charge in [-0.15, -0.1) is 36.2 Å². The average Bonchev–Trinajstić information content (AvgIpc) is 2.95. The Morgan fingerprint density at radius 2 is 1.81 bits per heavy atom. The number of benzene rings is 1. The Morgan fingerprint density at radius 1 is 1.19 bits per heavy atom. The predicted molar refractivity (Wildman–Crippen MR) is 103 cm³/mol. The second-order valence-electron chi connectivity index (χ2n) is 6.35. The van der Waals surface area contributed by atoms with Gasteiger partial charge in [0.2, 0.25) is 0 Å². The summed E-state index contributed by atoms with van der Waals surface area (Å²) in [6, 6.07) is 3.31. The Kier molecular flexibility index (Phi) is 8.56. The zero-order valence-electron chi connectivity index (χ0n) is 14.3. The molecule has 2 aromatic rings. The van der Waals surface area contributed by atoms with Crippen LogP contribution in [0.4, 0.5) is 18.9 Å². The highest BCUT2D eigenvalue weighted by molar-refractivity contribution is 7.12. The number of hydrogen-bond donors (Lipinski definition) is 2. The van der Waals surface area contributed by atoms with Crippen molar-refractivity contribution in [2.75, 3.05) is 5.32 Å². The molecule has 3 N–H and O–H groups in total. The minimum absolute atomic E-state index is 0. The van der Waals surface area contributed by atoms with Crippen LogP contribution in [0, 0.1) is 0 Å². The van der Waals surface area contributed by atoms with Crippen molar-refractivity contribution in [3.05, 3.63) is 45.4 Å². The monoisotopic (exact) mass is 429 g/mol. The number of rotatable bonds is 3. The van der Waals surface area contributed by atoms with E-state index in [2.05, 4.69) is 10.3 Å². The van der Waals surface area contributed by atoms with Gasteiger partial charge in [-0.2, -0.15) is 13.2 Å². The van der Waals surface area contributed by atoms with Crippen molar-refractivity contribution in [2.45, 2.75) is 38.9 Å². The van der Waals surface area contributed by atoms with Crippen molar-refractivity contribution in [2.24, 2.45) is 5.73 Å². The van der Waals surface area contributed by atoms with Crippen molar-refractivity contribution in [3.8, 4) is 0 Å². The molecule has 0 aliphatic heterocycles. The fraction of sp³-hybridized carbons (Fsp3) is 0.375. The van der Waals surface area contributed by atoms with Gasteiger partial charge in [0.25, 0.3) is 5.91 Å². The lowest BCUT2D eigenvalue weighted by Gasteiger charge is -2.17. The number of alkyl halides is 3. The molecule has 146 valence electrons. The van der Waals surface area contributed by atoms with Gasteiger partial charge in [-0.3, -0.25) is 4.79 Å². The van der Waals surface area contributed by atoms with E-state index in [1.165, 1.54) is 6.07 Å². The van der Waals surface area contributed by atoms with Gasteiger partial charge in [-0.25, -0.2) is 4.98 Å². The molecule has 1 aromatic heterocycles. The second-order valence-corrected chi connectivity index (χ2v) is 7.21. The molecule has 0 unspecified atom stereocenters. The number of hydrogen-bond acceptors (Lipinski definition) is 4. The van der Waals surface area contributed by atoms with Gasteiger partial charge >= 0.3 is 6.18 Å². The summed E-state index contributed by atoms with van der Waals surface area (Å²) in [7, 11) is 0. The van der Waals surface area contributed by atoms with Crippen molar-refractivity contribution in [1.82, 2.24) is 4.98 Å². The molecule has 0 aliphatic rings. The first-order chi connectivity index (χ1) is 11.0. The van der Waals surface area contributed by atoms with Crippen LogP contribution in [0.3, 0.4) is 0 Å². The van der Waals surface area contributed by atoms with Crippen molar-refractivity contribution >= 4 is 47.7 Å². The standard InChI is InChI=1S/C16H18F3N3OS.2ClH/c1-15(2,3)13-12(24-8-21-13)14(23)22-11-5-9(7-20)4-10(6-11)16(17,18)19;;/h4-6,8H,7,20H2,1-3H3,(H,22,23);2*1H. The van der Waals surface area contributed by atoms with Crippen LogP contribution in [0.2, 0.25) is 0 Å². The molecule has 0 aliphatic carbocycles. The Morgan fingerprint density at radius 3 is 2.31 bits per heavy atom. The maximum absolute atomic E-state index is 13.0. The first kappa shape index (κ1) is 24.7. The van der Waals surface area contributed by atoms with E-state index in [1.54, 1.807) is 5.51 Å². The Labute approximate surface area is 166 Å². The van der Waals surface area contributed by atoms with Gasteiger partial charge in [0.1, 0.15) is 4.88 Å². The van der Waals surface area contributed by atoms with Crippen LogP contribution >= 0.6 is 36.2 Å². The first-order valence-corrected chi connectivity index (χ1v) is 8.07. The van der Waals surface area contributed by atoms with Crippen LogP contribution in [0.5, 0.6) is 0 Å². The van der Waals surface area contributed by atoms with Crippen LogP contribution in [-0.2, 0) is 18.1 Å². The van der Waals surface area contributed by atoms with Crippen LogP contribution in [0.25, 0.3) is 0 Å². The van der Waals surface area contributed by atoms with E-state index in [0.29, 0.717) is 16.1 Å². The maximum atomic E-state index is 13.0. The minimum atomic E-state index is -4.51. The molecular weight excluding hydrogens is 410 g/mol. The number of nitrogens with one attached hydrogen (secondary N) is 1. The van der Waals surface area contributed by atoms with E-state index in [-0.39, 0.29) is 42.5 Å². The summed E-state index contributed by atoms with van der Waals surface area (Å²) in [6.45, 7) is 5.68. The molecule has 0 saturated heterocycles. The molecule has 1 heterocycles. The zero-order valence-corrected chi connectivity index (χ0v) is 16.8. The molecule has 1 amide bonds. The second kappa shape index (κ2) is 9.03. The Balaban J connectivity index is 0.00000312. The van der Waals surface area contributed by atoms with Gasteiger partial charge in [-0.05, 0) is 23.8 Å².